The van der Waals surface area contributed by atoms with Crippen LogP contribution in [0.1, 0.15) is 5.69 Å². The molecule has 0 fully saturated rings. The van der Waals surface area contributed by atoms with Gasteiger partial charge >= 0.3 is 0 Å². The fourth-order valence-electron chi connectivity index (χ4n) is 1.37. The van der Waals surface area contributed by atoms with Crippen molar-refractivity contribution in [2.24, 2.45) is 7.05 Å². The molecule has 0 saturated carbocycles. The molecule has 2 aromatic rings. The van der Waals surface area contributed by atoms with Gasteiger partial charge < -0.3 is 5.11 Å². The number of aromatic hydroxyl groups is 1. The third-order valence-corrected chi connectivity index (χ3v) is 3.61. The Morgan fingerprint density at radius 2 is 1.94 bits per heavy atom. The molecule has 1 aromatic carbocycles. The van der Waals surface area contributed by atoms with Gasteiger partial charge in [0, 0.05) is 17.0 Å². The molecule has 0 unspecified atom stereocenters. The van der Waals surface area contributed by atoms with Gasteiger partial charge in [-0.15, -0.1) is 0 Å². The van der Waals surface area contributed by atoms with Crippen molar-refractivity contribution in [2.45, 2.75) is 16.7 Å². The maximum atomic E-state index is 9.79. The van der Waals surface area contributed by atoms with E-state index in [1.54, 1.807) is 7.05 Å². The van der Waals surface area contributed by atoms with Gasteiger partial charge in [-0.2, -0.15) is 5.10 Å². The minimum Gasteiger partial charge on any atom is -0.493 e. The van der Waals surface area contributed by atoms with Gasteiger partial charge in [0.1, 0.15) is 0 Å². The van der Waals surface area contributed by atoms with Crippen molar-refractivity contribution in [2.75, 3.05) is 0 Å². The quantitative estimate of drug-likeness (QED) is 0.894. The number of nitrogens with zero attached hydrogens (tertiary/aromatic N) is 2. The van der Waals surface area contributed by atoms with Crippen LogP contribution in [0.4, 0.5) is 0 Å². The molecule has 0 bridgehead atoms. The Morgan fingerprint density at radius 1 is 1.31 bits per heavy atom. The fourth-order valence-corrected chi connectivity index (χ4v) is 2.41. The third-order valence-electron chi connectivity index (χ3n) is 2.17. The van der Waals surface area contributed by atoms with Crippen LogP contribution in [0.15, 0.2) is 34.1 Å². The monoisotopic (exact) mass is 254 g/mol. The van der Waals surface area contributed by atoms with E-state index in [0.717, 1.165) is 15.5 Å². The largest absolute Gasteiger partial charge is 0.493 e. The van der Waals surface area contributed by atoms with E-state index in [1.165, 1.54) is 16.4 Å². The Labute approximate surface area is 103 Å². The van der Waals surface area contributed by atoms with Crippen molar-refractivity contribution < 1.29 is 5.11 Å². The average Bonchev–Trinajstić information content (AvgIpc) is 2.48. The minimum absolute atomic E-state index is 0.192. The van der Waals surface area contributed by atoms with Crippen molar-refractivity contribution in [3.8, 4) is 5.88 Å². The molecule has 5 heteroatoms. The summed E-state index contributed by atoms with van der Waals surface area (Å²) in [6.45, 7) is 1.87. The zero-order valence-electron chi connectivity index (χ0n) is 8.94. The molecule has 1 N–H and O–H groups in total. The molecule has 1 aromatic heterocycles. The van der Waals surface area contributed by atoms with Crippen molar-refractivity contribution in [3.63, 3.8) is 0 Å². The van der Waals surface area contributed by atoms with Crippen LogP contribution in [0.5, 0.6) is 5.88 Å². The number of hydrogen-bond acceptors (Lipinski definition) is 3. The summed E-state index contributed by atoms with van der Waals surface area (Å²) in [6.07, 6.45) is 0. The van der Waals surface area contributed by atoms with Crippen molar-refractivity contribution in [1.82, 2.24) is 9.78 Å². The molecule has 2 rings (SSSR count). The molecule has 0 aliphatic heterocycles. The standard InChI is InChI=1S/C11H11ClN2OS/c1-7-10(11(15)14(2)13-7)16-9-5-3-8(12)4-6-9/h3-6,15H,1-2H3. The van der Waals surface area contributed by atoms with Crippen LogP contribution in [0.3, 0.4) is 0 Å². The number of rotatable bonds is 2. The SMILES string of the molecule is Cc1nn(C)c(O)c1Sc1ccc(Cl)cc1. The van der Waals surface area contributed by atoms with E-state index in [-0.39, 0.29) is 5.88 Å². The third kappa shape index (κ3) is 2.18. The highest BCUT2D eigenvalue weighted by Gasteiger charge is 2.13. The molecule has 0 atom stereocenters. The molecule has 16 heavy (non-hydrogen) atoms. The van der Waals surface area contributed by atoms with Crippen LogP contribution in [-0.4, -0.2) is 14.9 Å². The Bertz CT molecular complexity index is 507. The van der Waals surface area contributed by atoms with E-state index < -0.39 is 0 Å². The van der Waals surface area contributed by atoms with Crippen LogP contribution in [0, 0.1) is 6.92 Å². The van der Waals surface area contributed by atoms with E-state index in [0.29, 0.717) is 5.02 Å². The number of aromatic nitrogens is 2. The van der Waals surface area contributed by atoms with E-state index in [4.69, 9.17) is 11.6 Å². The van der Waals surface area contributed by atoms with E-state index in [1.807, 2.05) is 31.2 Å². The normalized spacial score (nSPS) is 10.7. The van der Waals surface area contributed by atoms with Gasteiger partial charge in [0.05, 0.1) is 10.6 Å². The molecule has 1 heterocycles. The number of aryl methyl sites for hydroxylation is 2. The van der Waals surface area contributed by atoms with Crippen molar-refractivity contribution in [3.05, 3.63) is 35.0 Å². The summed E-state index contributed by atoms with van der Waals surface area (Å²) in [6, 6.07) is 7.48. The van der Waals surface area contributed by atoms with Gasteiger partial charge in [-0.25, -0.2) is 4.68 Å². The van der Waals surface area contributed by atoms with Gasteiger partial charge in [0.15, 0.2) is 0 Å². The number of halogens is 1. The molecule has 84 valence electrons. The van der Waals surface area contributed by atoms with Crippen LogP contribution >= 0.6 is 23.4 Å². The highest BCUT2D eigenvalue weighted by atomic mass is 35.5. The first kappa shape index (κ1) is 11.4. The van der Waals surface area contributed by atoms with E-state index >= 15 is 0 Å². The first-order valence-corrected chi connectivity index (χ1v) is 5.93. The van der Waals surface area contributed by atoms with Gasteiger partial charge in [-0.05, 0) is 31.2 Å². The first-order valence-electron chi connectivity index (χ1n) is 4.74. The molecule has 0 aliphatic rings. The second-order valence-corrected chi connectivity index (χ2v) is 4.94. The van der Waals surface area contributed by atoms with Gasteiger partial charge in [0.25, 0.3) is 0 Å². The lowest BCUT2D eigenvalue weighted by Crippen LogP contribution is -1.88. The summed E-state index contributed by atoms with van der Waals surface area (Å²) in [5.41, 5.74) is 0.819. The molecule has 0 amide bonds. The molecule has 0 spiro atoms. The first-order chi connectivity index (χ1) is 7.58. The van der Waals surface area contributed by atoms with Gasteiger partial charge in [-0.3, -0.25) is 0 Å². The highest BCUT2D eigenvalue weighted by molar-refractivity contribution is 7.99. The average molecular weight is 255 g/mol. The van der Waals surface area contributed by atoms with Crippen LogP contribution in [-0.2, 0) is 7.05 Å². The topological polar surface area (TPSA) is 38.0 Å². The molecular formula is C11H11ClN2OS. The fraction of sp³-hybridized carbons (Fsp3) is 0.182. The lowest BCUT2D eigenvalue weighted by molar-refractivity contribution is 0.409. The summed E-state index contributed by atoms with van der Waals surface area (Å²) in [7, 11) is 1.72. The lowest BCUT2D eigenvalue weighted by Gasteiger charge is -2.01. The molecule has 0 saturated heterocycles. The molecule has 0 aliphatic carbocycles. The Kier molecular flexibility index (Phi) is 3.12. The summed E-state index contributed by atoms with van der Waals surface area (Å²) < 4.78 is 1.47. The van der Waals surface area contributed by atoms with Crippen molar-refractivity contribution in [1.29, 1.82) is 0 Å². The summed E-state index contributed by atoms with van der Waals surface area (Å²) in [4.78, 5) is 1.81. The minimum atomic E-state index is 0.192. The Morgan fingerprint density at radius 3 is 2.44 bits per heavy atom. The van der Waals surface area contributed by atoms with E-state index in [2.05, 4.69) is 5.10 Å². The summed E-state index contributed by atoms with van der Waals surface area (Å²) in [5, 5.41) is 14.6. The zero-order chi connectivity index (χ0) is 11.7. The highest BCUT2D eigenvalue weighted by Crippen LogP contribution is 2.36. The summed E-state index contributed by atoms with van der Waals surface area (Å²) >= 11 is 7.28. The predicted octanol–water partition coefficient (Wildman–Crippen LogP) is 3.24. The number of benzene rings is 1. The molecule has 3 nitrogen and oxygen atoms in total. The lowest BCUT2D eigenvalue weighted by atomic mass is 10.4. The van der Waals surface area contributed by atoms with Gasteiger partial charge in [-0.1, -0.05) is 23.4 Å². The second-order valence-electron chi connectivity index (χ2n) is 3.42. The molecule has 0 radical (unpaired) electrons. The summed E-state index contributed by atoms with van der Waals surface area (Å²) in [5.74, 6) is 0.192. The Balaban J connectivity index is 2.30. The predicted molar refractivity (Wildman–Crippen MR) is 65.2 cm³/mol. The maximum absolute atomic E-state index is 9.79. The van der Waals surface area contributed by atoms with E-state index in [9.17, 15) is 5.11 Å². The van der Waals surface area contributed by atoms with Crippen LogP contribution in [0.25, 0.3) is 0 Å². The van der Waals surface area contributed by atoms with Crippen molar-refractivity contribution >= 4 is 23.4 Å². The molecular weight excluding hydrogens is 244 g/mol. The maximum Gasteiger partial charge on any atom is 0.223 e. The van der Waals surface area contributed by atoms with Gasteiger partial charge in [0.2, 0.25) is 5.88 Å². The Hall–Kier alpha value is -1.13. The smallest absolute Gasteiger partial charge is 0.223 e. The zero-order valence-corrected chi connectivity index (χ0v) is 10.5. The van der Waals surface area contributed by atoms with Crippen LogP contribution in [0.2, 0.25) is 5.02 Å². The second kappa shape index (κ2) is 4.39. The number of hydrogen-bond donors (Lipinski definition) is 1. The van der Waals surface area contributed by atoms with Crippen LogP contribution < -0.4 is 0 Å².